The number of nitrogens with two attached hydrogens (primary N) is 1. The minimum atomic E-state index is -0.590. The van der Waals surface area contributed by atoms with E-state index < -0.39 is 35.2 Å². The van der Waals surface area contributed by atoms with Crippen LogP contribution in [-0.4, -0.2) is 165 Å². The second-order valence-corrected chi connectivity index (χ2v) is 27.6. The summed E-state index contributed by atoms with van der Waals surface area (Å²) in [5, 5.41) is 10.4. The van der Waals surface area contributed by atoms with Crippen LogP contribution in [0, 0.1) is 17.8 Å². The molecule has 25 heteroatoms. The molecule has 3 unspecified atom stereocenters. The number of anilines is 1. The first-order chi connectivity index (χ1) is 44.2. The van der Waals surface area contributed by atoms with Crippen molar-refractivity contribution in [1.29, 1.82) is 0 Å². The predicted octanol–water partition coefficient (Wildman–Crippen LogP) is 6.69. The van der Waals surface area contributed by atoms with Crippen LogP contribution in [0.1, 0.15) is 190 Å². The highest BCUT2D eigenvalue weighted by Gasteiger charge is 2.43. The van der Waals surface area contributed by atoms with Crippen molar-refractivity contribution in [2.75, 3.05) is 45.0 Å². The number of halogens is 1. The van der Waals surface area contributed by atoms with Gasteiger partial charge in [0.1, 0.15) is 35.6 Å². The van der Waals surface area contributed by atoms with Crippen LogP contribution >= 0.6 is 12.4 Å². The first-order valence-electron chi connectivity index (χ1n) is 32.9. The first kappa shape index (κ1) is 71.6. The maximum atomic E-state index is 13.0. The third-order valence-electron chi connectivity index (χ3n) is 18.7. The van der Waals surface area contributed by atoms with Crippen LogP contribution in [0.25, 0.3) is 0 Å². The number of hydrogen-bond donors (Lipinski definition) is 5. The minimum Gasteiger partial charge on any atom is -0.444 e. The zero-order valence-electron chi connectivity index (χ0n) is 54.9. The van der Waals surface area contributed by atoms with E-state index in [-0.39, 0.29) is 90.6 Å². The fourth-order valence-electron chi connectivity index (χ4n) is 13.5. The van der Waals surface area contributed by atoms with Crippen LogP contribution < -0.4 is 27.0 Å². The molecule has 3 aromatic carbocycles. The first-order valence-corrected chi connectivity index (χ1v) is 32.9. The molecule has 3 aromatic rings. The highest BCUT2D eigenvalue weighted by atomic mass is 35.5. The van der Waals surface area contributed by atoms with Gasteiger partial charge in [0.25, 0.3) is 17.7 Å². The molecule has 0 spiro atoms. The molecular weight excluding hydrogens is 1230 g/mol. The lowest BCUT2D eigenvalue weighted by Crippen LogP contribution is -2.52. The standard InChI is InChI=1S/C25H33N3O5.C20H25N3O3.C13H13N3O3.C11H19NO3.ClH/c1-25(2,3)33-24(32)27-13-11-16(12-14-27)7-8-17-5-4-6-18-19(17)15-28(23(18)31)20-9-10-21(29)26-22(20)30;24-18-7-6-17(19(25)22-18)23-12-16-14(2-1-3-15(16)20(23)26)5-4-13-8-10-21-11-9-13;14-9-3-1-2-7-8(9)6-16(13(7)19)10-4-5-11(17)15-12(10)18;1-11(2,3)15-10(14)12-6-4-9(8-13)5-7-12;/h4-6,16,20H,7-15H2,1-3H3,(H,26,29,30);1-3,13,17,21H,4-12H2,(H,22,24,25);1-3,10H,4-6,14H2,(H,15,17,18);8-9H,4-7H2,1-3H3;1H. The largest absolute Gasteiger partial charge is 0.444 e. The van der Waals surface area contributed by atoms with Crippen LogP contribution in [-0.2, 0) is 75.5 Å². The molecule has 9 aliphatic heterocycles. The SMILES string of the molecule is CC(C)(C)OC(=O)N1CCC(C=O)CC1.CC(C)(C)OC(=O)N1CCC(CCc2cccc3c2CN(C2CCC(=O)NC2=O)C3=O)CC1.Cl.Nc1cccc2c1CN(C1CCC(=O)NC1=O)C2=O.O=C1CCC(N2Cc3c(CCC4CCNCC4)cccc3C2=O)C(=O)N1. The number of nitrogen functional groups attached to an aromatic ring is 1. The van der Waals surface area contributed by atoms with Gasteiger partial charge < -0.3 is 49.8 Å². The smallest absolute Gasteiger partial charge is 0.410 e. The van der Waals surface area contributed by atoms with Gasteiger partial charge in [-0.05, 0) is 196 Å². The number of hydrogen-bond acceptors (Lipinski definition) is 16. The Balaban J connectivity index is 0.000000167. The number of ether oxygens (including phenoxy) is 2. The molecule has 9 aliphatic rings. The van der Waals surface area contributed by atoms with Gasteiger partial charge >= 0.3 is 12.2 Å². The van der Waals surface area contributed by atoms with Crippen LogP contribution in [0.5, 0.6) is 0 Å². The summed E-state index contributed by atoms with van der Waals surface area (Å²) in [7, 11) is 0. The number of carbonyl (C=O) groups excluding carboxylic acids is 12. The van der Waals surface area contributed by atoms with Crippen LogP contribution in [0.15, 0.2) is 54.6 Å². The lowest BCUT2D eigenvalue weighted by molar-refractivity contribution is -0.138. The van der Waals surface area contributed by atoms with Gasteiger partial charge in [-0.2, -0.15) is 0 Å². The second kappa shape index (κ2) is 31.3. The van der Waals surface area contributed by atoms with Crippen molar-refractivity contribution in [3.05, 3.63) is 99.1 Å². The van der Waals surface area contributed by atoms with Crippen molar-refractivity contribution in [3.8, 4) is 0 Å². The van der Waals surface area contributed by atoms with Crippen LogP contribution in [0.2, 0.25) is 0 Å². The van der Waals surface area contributed by atoms with Crippen molar-refractivity contribution in [2.24, 2.45) is 17.8 Å². The lowest BCUT2D eigenvalue weighted by atomic mass is 9.89. The van der Waals surface area contributed by atoms with Crippen molar-refractivity contribution < 1.29 is 67.0 Å². The summed E-state index contributed by atoms with van der Waals surface area (Å²) in [6.07, 6.45) is 12.2. The van der Waals surface area contributed by atoms with E-state index in [4.69, 9.17) is 15.2 Å². The Labute approximate surface area is 555 Å². The van der Waals surface area contributed by atoms with Gasteiger partial charge in [-0.1, -0.05) is 30.3 Å². The molecule has 6 saturated heterocycles. The lowest BCUT2D eigenvalue weighted by Gasteiger charge is -2.33. The van der Waals surface area contributed by atoms with Crippen molar-refractivity contribution >= 4 is 89.7 Å². The molecule has 6 fully saturated rings. The third kappa shape index (κ3) is 17.9. The molecular formula is C69H91ClN10O14. The number of nitrogens with zero attached hydrogens (tertiary/aromatic N) is 5. The topological polar surface area (TPSA) is 314 Å². The molecule has 3 atom stereocenters. The number of piperidine rings is 6. The molecule has 12 rings (SSSR count). The summed E-state index contributed by atoms with van der Waals surface area (Å²) in [5.74, 6) is -0.994. The number of benzene rings is 3. The van der Waals surface area contributed by atoms with E-state index in [0.717, 1.165) is 104 Å². The minimum absolute atomic E-state index is 0. The van der Waals surface area contributed by atoms with E-state index in [9.17, 15) is 57.5 Å². The van der Waals surface area contributed by atoms with E-state index in [2.05, 4.69) is 33.4 Å². The molecule has 94 heavy (non-hydrogen) atoms. The zero-order chi connectivity index (χ0) is 66.9. The summed E-state index contributed by atoms with van der Waals surface area (Å²) < 4.78 is 10.7. The maximum Gasteiger partial charge on any atom is 0.410 e. The highest BCUT2D eigenvalue weighted by Crippen LogP contribution is 2.35. The molecule has 6 N–H and O–H groups in total. The Hall–Kier alpha value is -8.25. The molecule has 24 nitrogen and oxygen atoms in total. The molecule has 11 amide bonds. The van der Waals surface area contributed by atoms with Crippen LogP contribution in [0.3, 0.4) is 0 Å². The number of carbonyl (C=O) groups is 12. The molecule has 0 saturated carbocycles. The molecule has 0 aromatic heterocycles. The third-order valence-corrected chi connectivity index (χ3v) is 18.7. The maximum absolute atomic E-state index is 13.0. The molecule has 9 heterocycles. The Bertz CT molecular complexity index is 3380. The van der Waals surface area contributed by atoms with E-state index in [0.29, 0.717) is 94.2 Å². The number of aryl methyl sites for hydroxylation is 2. The second-order valence-electron chi connectivity index (χ2n) is 27.6. The summed E-state index contributed by atoms with van der Waals surface area (Å²) in [4.78, 5) is 151. The van der Waals surface area contributed by atoms with Gasteiger partial charge in [0.05, 0.1) is 0 Å². The van der Waals surface area contributed by atoms with Gasteiger partial charge in [0.2, 0.25) is 35.4 Å². The monoisotopic (exact) mass is 1320 g/mol. The van der Waals surface area contributed by atoms with Crippen molar-refractivity contribution in [3.63, 3.8) is 0 Å². The van der Waals surface area contributed by atoms with E-state index in [1.54, 1.807) is 37.8 Å². The summed E-state index contributed by atoms with van der Waals surface area (Å²) in [5.41, 5.74) is 12.6. The fourth-order valence-corrected chi connectivity index (χ4v) is 13.5. The highest BCUT2D eigenvalue weighted by molar-refractivity contribution is 6.08. The van der Waals surface area contributed by atoms with Crippen molar-refractivity contribution in [2.45, 2.75) is 193 Å². The van der Waals surface area contributed by atoms with E-state index >= 15 is 0 Å². The number of amides is 11. The van der Waals surface area contributed by atoms with Gasteiger partial charge in [0.15, 0.2) is 0 Å². The summed E-state index contributed by atoms with van der Waals surface area (Å²) in [6.45, 7) is 17.2. The number of rotatable bonds is 10. The van der Waals surface area contributed by atoms with E-state index in [1.807, 2.05) is 65.8 Å². The Kier molecular flexibility index (Phi) is 23.9. The quantitative estimate of drug-likeness (QED) is 0.0802. The average molecular weight is 1320 g/mol. The van der Waals surface area contributed by atoms with Gasteiger partial charge in [0, 0.05) is 98.9 Å². The Morgan fingerprint density at radius 1 is 0.500 bits per heavy atom. The number of fused-ring (bicyclic) bond motifs is 3. The zero-order valence-corrected chi connectivity index (χ0v) is 55.7. The number of aldehydes is 1. The number of nitrogens with one attached hydrogen (secondary N) is 4. The fraction of sp³-hybridized carbons (Fsp3) is 0.565. The predicted molar refractivity (Wildman–Crippen MR) is 348 cm³/mol. The molecule has 0 radical (unpaired) electrons. The van der Waals surface area contributed by atoms with Crippen molar-refractivity contribution in [1.82, 2.24) is 45.8 Å². The van der Waals surface area contributed by atoms with Gasteiger partial charge in [-0.3, -0.25) is 59.1 Å². The number of imide groups is 3. The average Bonchev–Trinajstić information content (AvgIpc) is 1.64. The van der Waals surface area contributed by atoms with E-state index in [1.165, 1.54) is 23.3 Å². The number of likely N-dealkylation sites (tertiary alicyclic amines) is 2. The molecule has 0 bridgehead atoms. The molecule has 0 aliphatic carbocycles. The Morgan fingerprint density at radius 2 is 0.851 bits per heavy atom. The van der Waals surface area contributed by atoms with Crippen LogP contribution in [0.4, 0.5) is 15.3 Å². The summed E-state index contributed by atoms with van der Waals surface area (Å²) in [6, 6.07) is 15.2. The van der Waals surface area contributed by atoms with Gasteiger partial charge in [-0.25, -0.2) is 9.59 Å². The summed E-state index contributed by atoms with van der Waals surface area (Å²) >= 11 is 0. The molecule has 508 valence electrons. The Morgan fingerprint density at radius 3 is 1.21 bits per heavy atom. The van der Waals surface area contributed by atoms with Gasteiger partial charge in [-0.15, -0.1) is 12.4 Å². The normalized spacial score (nSPS) is 21.8.